The second-order valence-corrected chi connectivity index (χ2v) is 5.89. The van der Waals surface area contributed by atoms with Crippen molar-refractivity contribution in [3.8, 4) is 6.07 Å². The first kappa shape index (κ1) is 7.23. The molecule has 1 unspecified atom stereocenters. The molecule has 0 aromatic carbocycles. The highest BCUT2D eigenvalue weighted by atomic mass is 79.9. The van der Waals surface area contributed by atoms with Crippen molar-refractivity contribution < 1.29 is 4.79 Å². The molecule has 0 aliphatic heterocycles. The summed E-state index contributed by atoms with van der Waals surface area (Å²) in [5, 5.41) is 8.14. The molecule has 0 aromatic heterocycles. The van der Waals surface area contributed by atoms with Crippen LogP contribution >= 0.6 is 31.9 Å². The maximum absolute atomic E-state index is 10.6. The molecule has 0 spiro atoms. The molecule has 1 fully saturated rings. The fraction of sp³-hybridized carbons (Fsp3) is 0.600. The van der Waals surface area contributed by atoms with E-state index in [1.165, 1.54) is 0 Å². The summed E-state index contributed by atoms with van der Waals surface area (Å²) in [5.41, 5.74) is 0. The topological polar surface area (TPSA) is 40.9 Å². The maximum Gasteiger partial charge on any atom is 0.237 e. The van der Waals surface area contributed by atoms with Gasteiger partial charge in [-0.1, -0.05) is 31.9 Å². The normalized spacial score (nSPS) is 28.8. The summed E-state index contributed by atoms with van der Waals surface area (Å²) in [7, 11) is 0. The first-order chi connectivity index (χ1) is 4.08. The van der Waals surface area contributed by atoms with E-state index < -0.39 is 0 Å². The van der Waals surface area contributed by atoms with Crippen molar-refractivity contribution in [3.05, 3.63) is 0 Å². The number of carbonyl (C=O) groups is 1. The van der Waals surface area contributed by atoms with E-state index in [0.717, 1.165) is 6.42 Å². The van der Waals surface area contributed by atoms with Gasteiger partial charge in [0.15, 0.2) is 0 Å². The molecule has 0 N–H and O–H groups in total. The molecule has 48 valence electrons. The van der Waals surface area contributed by atoms with Gasteiger partial charge in [-0.15, -0.1) is 0 Å². The summed E-state index contributed by atoms with van der Waals surface area (Å²) in [6, 6.07) is 1.58. The van der Waals surface area contributed by atoms with E-state index in [4.69, 9.17) is 5.26 Å². The third-order valence-corrected chi connectivity index (χ3v) is 3.01. The number of ketones is 1. The Balaban J connectivity index is 2.55. The molecule has 1 saturated carbocycles. The van der Waals surface area contributed by atoms with Crippen molar-refractivity contribution in [2.75, 3.05) is 0 Å². The zero-order chi connectivity index (χ0) is 7.07. The summed E-state index contributed by atoms with van der Waals surface area (Å²) in [5.74, 6) is -0.480. The van der Waals surface area contributed by atoms with Crippen LogP contribution in [0.4, 0.5) is 0 Å². The number of nitrogens with zero attached hydrogens (tertiary/aromatic N) is 1. The Hall–Kier alpha value is 0.120. The maximum atomic E-state index is 10.6. The molecule has 0 bridgehead atoms. The number of hydrogen-bond donors (Lipinski definition) is 0. The van der Waals surface area contributed by atoms with E-state index >= 15 is 0 Å². The number of hydrogen-bond acceptors (Lipinski definition) is 2. The predicted octanol–water partition coefficient (Wildman–Crippen LogP) is 1.59. The number of carbonyl (C=O) groups excluding carboxylic acids is 1. The quantitative estimate of drug-likeness (QED) is 0.525. The van der Waals surface area contributed by atoms with Crippen molar-refractivity contribution >= 4 is 37.6 Å². The molecule has 4 heteroatoms. The Morgan fingerprint density at radius 2 is 2.22 bits per heavy atom. The SMILES string of the molecule is N#CC(=O)C1CC1(Br)Br. The number of rotatable bonds is 1. The van der Waals surface area contributed by atoms with E-state index in [1.54, 1.807) is 6.07 Å². The lowest BCUT2D eigenvalue weighted by molar-refractivity contribution is -0.115. The Bertz CT molecular complexity index is 194. The molecule has 0 amide bonds. The van der Waals surface area contributed by atoms with Crippen molar-refractivity contribution in [1.29, 1.82) is 5.26 Å². The number of alkyl halides is 2. The monoisotopic (exact) mass is 251 g/mol. The standard InChI is InChI=1S/C5H3Br2NO/c6-5(7)1-3(5)4(9)2-8/h3H,1H2. The Kier molecular flexibility index (Phi) is 1.66. The molecule has 0 saturated heterocycles. The van der Waals surface area contributed by atoms with Crippen LogP contribution in [0.15, 0.2) is 0 Å². The third kappa shape index (κ3) is 1.33. The zero-order valence-electron chi connectivity index (χ0n) is 4.40. The van der Waals surface area contributed by atoms with E-state index in [0.29, 0.717) is 0 Å². The van der Waals surface area contributed by atoms with Crippen LogP contribution in [0.3, 0.4) is 0 Å². The highest BCUT2D eigenvalue weighted by Gasteiger charge is 2.54. The van der Waals surface area contributed by atoms with Gasteiger partial charge < -0.3 is 0 Å². The van der Waals surface area contributed by atoms with Crippen LogP contribution < -0.4 is 0 Å². The summed E-state index contributed by atoms with van der Waals surface area (Å²) >= 11 is 6.48. The minimum Gasteiger partial charge on any atom is -0.282 e. The molecular formula is C5H3Br2NO. The van der Waals surface area contributed by atoms with E-state index in [1.807, 2.05) is 0 Å². The highest BCUT2D eigenvalue weighted by Crippen LogP contribution is 2.56. The van der Waals surface area contributed by atoms with Gasteiger partial charge in [0, 0.05) is 0 Å². The van der Waals surface area contributed by atoms with Crippen molar-refractivity contribution in [1.82, 2.24) is 0 Å². The van der Waals surface area contributed by atoms with E-state index in [2.05, 4.69) is 31.9 Å². The smallest absolute Gasteiger partial charge is 0.237 e. The van der Waals surface area contributed by atoms with Crippen molar-refractivity contribution in [2.45, 2.75) is 9.65 Å². The van der Waals surface area contributed by atoms with Crippen LogP contribution in [0, 0.1) is 17.2 Å². The highest BCUT2D eigenvalue weighted by molar-refractivity contribution is 9.25. The lowest BCUT2D eigenvalue weighted by Gasteiger charge is -1.89. The number of halogens is 2. The average Bonchev–Trinajstić information content (AvgIpc) is 2.38. The van der Waals surface area contributed by atoms with Gasteiger partial charge in [0.1, 0.15) is 6.07 Å². The molecule has 1 rings (SSSR count). The molecule has 0 heterocycles. The molecule has 1 aliphatic rings. The van der Waals surface area contributed by atoms with Gasteiger partial charge in [-0.05, 0) is 6.42 Å². The Labute approximate surface area is 69.5 Å². The molecule has 2 nitrogen and oxygen atoms in total. The summed E-state index contributed by atoms with van der Waals surface area (Å²) < 4.78 is -0.257. The Morgan fingerprint density at radius 1 is 1.78 bits per heavy atom. The summed E-state index contributed by atoms with van der Waals surface area (Å²) in [4.78, 5) is 10.6. The van der Waals surface area contributed by atoms with Crippen LogP contribution in [0.5, 0.6) is 0 Å². The first-order valence-electron chi connectivity index (χ1n) is 2.39. The summed E-state index contributed by atoms with van der Waals surface area (Å²) in [6.45, 7) is 0. The first-order valence-corrected chi connectivity index (χ1v) is 3.98. The van der Waals surface area contributed by atoms with Gasteiger partial charge in [-0.3, -0.25) is 4.79 Å². The van der Waals surface area contributed by atoms with Crippen LogP contribution in [0.1, 0.15) is 6.42 Å². The molecule has 0 aromatic rings. The number of nitriles is 1. The van der Waals surface area contributed by atoms with E-state index in [9.17, 15) is 4.79 Å². The lowest BCUT2D eigenvalue weighted by atomic mass is 10.3. The molecule has 0 radical (unpaired) electrons. The number of Topliss-reactive ketones (excluding diaryl/α,β-unsaturated/α-hetero) is 1. The van der Waals surface area contributed by atoms with Gasteiger partial charge in [0.25, 0.3) is 0 Å². The molecular weight excluding hydrogens is 250 g/mol. The minimum absolute atomic E-state index is 0.137. The van der Waals surface area contributed by atoms with Crippen molar-refractivity contribution in [2.24, 2.45) is 5.92 Å². The van der Waals surface area contributed by atoms with Gasteiger partial charge >= 0.3 is 0 Å². The fourth-order valence-corrected chi connectivity index (χ4v) is 1.64. The molecule has 1 atom stereocenters. The predicted molar refractivity (Wildman–Crippen MR) is 39.3 cm³/mol. The summed E-state index contributed by atoms with van der Waals surface area (Å²) in [6.07, 6.45) is 0.722. The van der Waals surface area contributed by atoms with Crippen LogP contribution in [-0.4, -0.2) is 9.02 Å². The largest absolute Gasteiger partial charge is 0.282 e. The van der Waals surface area contributed by atoms with E-state index in [-0.39, 0.29) is 14.9 Å². The lowest BCUT2D eigenvalue weighted by Crippen LogP contribution is -2.01. The van der Waals surface area contributed by atoms with Gasteiger partial charge in [-0.2, -0.15) is 5.26 Å². The zero-order valence-corrected chi connectivity index (χ0v) is 7.57. The van der Waals surface area contributed by atoms with Crippen LogP contribution in [-0.2, 0) is 4.79 Å². The molecule has 1 aliphatic carbocycles. The molecule has 9 heavy (non-hydrogen) atoms. The van der Waals surface area contributed by atoms with Gasteiger partial charge in [0.05, 0.1) is 9.15 Å². The Morgan fingerprint density at radius 3 is 2.33 bits per heavy atom. The van der Waals surface area contributed by atoms with Gasteiger partial charge in [0.2, 0.25) is 5.78 Å². The van der Waals surface area contributed by atoms with Crippen LogP contribution in [0.25, 0.3) is 0 Å². The second kappa shape index (κ2) is 2.06. The third-order valence-electron chi connectivity index (χ3n) is 1.25. The van der Waals surface area contributed by atoms with Crippen LogP contribution in [0.2, 0.25) is 0 Å². The van der Waals surface area contributed by atoms with Crippen molar-refractivity contribution in [3.63, 3.8) is 0 Å². The minimum atomic E-state index is -0.344. The second-order valence-electron chi connectivity index (χ2n) is 1.99. The van der Waals surface area contributed by atoms with Gasteiger partial charge in [-0.25, -0.2) is 0 Å². The fourth-order valence-electron chi connectivity index (χ4n) is 0.576. The average molecular weight is 253 g/mol.